The molecule has 0 aliphatic carbocycles. The predicted octanol–water partition coefficient (Wildman–Crippen LogP) is 3.72. The topological polar surface area (TPSA) is 122 Å². The number of carbonyl (C=O) groups excluding carboxylic acids is 3. The van der Waals surface area contributed by atoms with Crippen LogP contribution in [0.3, 0.4) is 0 Å². The summed E-state index contributed by atoms with van der Waals surface area (Å²) in [6.07, 6.45) is 0. The highest BCUT2D eigenvalue weighted by atomic mass is 35.5. The number of likely N-dealkylation sites (N-methyl/N-ethyl adjacent to an activating group) is 1. The number of hydrogen-bond donors (Lipinski definition) is 2. The van der Waals surface area contributed by atoms with Crippen molar-refractivity contribution in [2.24, 2.45) is 5.92 Å². The Morgan fingerprint density at radius 3 is 2.24 bits per heavy atom. The van der Waals surface area contributed by atoms with Crippen molar-refractivity contribution in [2.75, 3.05) is 18.9 Å². The summed E-state index contributed by atoms with van der Waals surface area (Å²) < 4.78 is 0. The van der Waals surface area contributed by atoms with Gasteiger partial charge in [-0.1, -0.05) is 43.6 Å². The van der Waals surface area contributed by atoms with Crippen LogP contribution in [-0.2, 0) is 9.59 Å². The van der Waals surface area contributed by atoms with Crippen molar-refractivity contribution in [2.45, 2.75) is 33.7 Å². The van der Waals surface area contributed by atoms with Gasteiger partial charge in [0.25, 0.3) is 11.6 Å². The van der Waals surface area contributed by atoms with Crippen LogP contribution < -0.4 is 10.6 Å². The highest BCUT2D eigenvalue weighted by Crippen LogP contribution is 2.23. The second-order valence-electron chi connectivity index (χ2n) is 8.13. The number of carbonyl (C=O) groups is 3. The van der Waals surface area contributed by atoms with Crippen LogP contribution in [0.5, 0.6) is 0 Å². The molecule has 0 spiro atoms. The van der Waals surface area contributed by atoms with Crippen LogP contribution in [0, 0.1) is 29.9 Å². The lowest BCUT2D eigenvalue weighted by Gasteiger charge is -2.27. The van der Waals surface area contributed by atoms with E-state index in [1.807, 2.05) is 32.0 Å². The van der Waals surface area contributed by atoms with Crippen molar-refractivity contribution in [1.29, 1.82) is 0 Å². The van der Waals surface area contributed by atoms with Crippen molar-refractivity contribution in [3.8, 4) is 0 Å². The molecule has 2 rings (SSSR count). The van der Waals surface area contributed by atoms with Gasteiger partial charge in [-0.15, -0.1) is 0 Å². The van der Waals surface area contributed by atoms with Gasteiger partial charge in [0.05, 0.1) is 22.1 Å². The largest absolute Gasteiger partial charge is 0.340 e. The number of para-hydroxylation sites is 1. The third-order valence-corrected chi connectivity index (χ3v) is 5.44. The van der Waals surface area contributed by atoms with Crippen LogP contribution in [0.1, 0.15) is 35.3 Å². The summed E-state index contributed by atoms with van der Waals surface area (Å²) >= 11 is 6.03. The number of aryl methyl sites for hydroxylation is 2. The van der Waals surface area contributed by atoms with Gasteiger partial charge < -0.3 is 15.5 Å². The summed E-state index contributed by atoms with van der Waals surface area (Å²) in [5.74, 6) is -1.75. The van der Waals surface area contributed by atoms with E-state index in [1.165, 1.54) is 18.0 Å². The lowest BCUT2D eigenvalue weighted by atomic mass is 10.0. The average molecular weight is 475 g/mol. The van der Waals surface area contributed by atoms with Gasteiger partial charge in [-0.25, -0.2) is 0 Å². The Morgan fingerprint density at radius 2 is 1.73 bits per heavy atom. The molecule has 0 bridgehead atoms. The third kappa shape index (κ3) is 6.52. The molecule has 0 saturated carbocycles. The minimum Gasteiger partial charge on any atom is -0.340 e. The van der Waals surface area contributed by atoms with Crippen LogP contribution in [0.4, 0.5) is 11.4 Å². The molecule has 2 aromatic carbocycles. The lowest BCUT2D eigenvalue weighted by Crippen LogP contribution is -2.51. The van der Waals surface area contributed by atoms with Gasteiger partial charge in [0.2, 0.25) is 11.8 Å². The van der Waals surface area contributed by atoms with E-state index in [9.17, 15) is 24.5 Å². The Bertz CT molecular complexity index is 1070. The maximum absolute atomic E-state index is 13.0. The number of nitro benzene ring substituents is 1. The fourth-order valence-corrected chi connectivity index (χ4v) is 3.52. The van der Waals surface area contributed by atoms with Gasteiger partial charge in [0.1, 0.15) is 6.04 Å². The van der Waals surface area contributed by atoms with Crippen LogP contribution in [0.15, 0.2) is 36.4 Å². The van der Waals surface area contributed by atoms with Crippen LogP contribution in [0.25, 0.3) is 0 Å². The van der Waals surface area contributed by atoms with Crippen molar-refractivity contribution in [3.63, 3.8) is 0 Å². The van der Waals surface area contributed by atoms with Crippen molar-refractivity contribution >= 4 is 40.7 Å². The normalized spacial score (nSPS) is 11.6. The maximum atomic E-state index is 13.0. The van der Waals surface area contributed by atoms with Crippen molar-refractivity contribution < 1.29 is 19.3 Å². The van der Waals surface area contributed by atoms with E-state index < -0.39 is 22.8 Å². The minimum atomic E-state index is -0.929. The predicted molar refractivity (Wildman–Crippen MR) is 126 cm³/mol. The monoisotopic (exact) mass is 474 g/mol. The molecule has 0 saturated heterocycles. The average Bonchev–Trinajstić information content (AvgIpc) is 2.73. The summed E-state index contributed by atoms with van der Waals surface area (Å²) in [4.78, 5) is 49.7. The zero-order valence-electron chi connectivity index (χ0n) is 19.1. The van der Waals surface area contributed by atoms with Crippen molar-refractivity contribution in [1.82, 2.24) is 10.2 Å². The molecule has 2 N–H and O–H groups in total. The van der Waals surface area contributed by atoms with Crippen LogP contribution >= 0.6 is 11.6 Å². The first-order valence-corrected chi connectivity index (χ1v) is 10.7. The molecule has 0 aliphatic heterocycles. The lowest BCUT2D eigenvalue weighted by molar-refractivity contribution is -0.384. The number of non-ortho nitro benzene ring substituents is 1. The molecule has 0 aliphatic rings. The summed E-state index contributed by atoms with van der Waals surface area (Å²) in [5.41, 5.74) is 2.28. The molecule has 3 amide bonds. The molecule has 0 unspecified atom stereocenters. The fraction of sp³-hybridized carbons (Fsp3) is 0.348. The van der Waals surface area contributed by atoms with Gasteiger partial charge >= 0.3 is 0 Å². The molecule has 33 heavy (non-hydrogen) atoms. The molecule has 1 atom stereocenters. The number of hydrogen-bond acceptors (Lipinski definition) is 5. The highest BCUT2D eigenvalue weighted by Gasteiger charge is 2.29. The summed E-state index contributed by atoms with van der Waals surface area (Å²) in [5, 5.41) is 16.2. The summed E-state index contributed by atoms with van der Waals surface area (Å²) in [7, 11) is 1.48. The van der Waals surface area contributed by atoms with E-state index in [0.29, 0.717) is 5.69 Å². The fourth-order valence-electron chi connectivity index (χ4n) is 3.26. The zero-order chi connectivity index (χ0) is 24.9. The van der Waals surface area contributed by atoms with E-state index in [0.717, 1.165) is 23.3 Å². The van der Waals surface area contributed by atoms with Gasteiger partial charge in [-0.3, -0.25) is 24.5 Å². The van der Waals surface area contributed by atoms with E-state index in [2.05, 4.69) is 10.6 Å². The number of nitrogens with zero attached hydrogens (tertiary/aromatic N) is 2. The van der Waals surface area contributed by atoms with E-state index in [-0.39, 0.29) is 34.6 Å². The van der Waals surface area contributed by atoms with E-state index in [4.69, 9.17) is 11.6 Å². The molecule has 9 nitrogen and oxygen atoms in total. The Morgan fingerprint density at radius 1 is 1.12 bits per heavy atom. The quantitative estimate of drug-likeness (QED) is 0.446. The SMILES string of the molecule is Cc1cccc(C)c1NC(=O)CN(C)C(=O)[C@@H](NC(=O)c1ccc([N+](=O)[O-])cc1Cl)C(C)C. The summed E-state index contributed by atoms with van der Waals surface area (Å²) in [6.45, 7) is 7.07. The van der Waals surface area contributed by atoms with Gasteiger partial charge in [0.15, 0.2) is 0 Å². The minimum absolute atomic E-state index is 0.0103. The number of rotatable bonds is 8. The number of halogens is 1. The van der Waals surface area contributed by atoms with Crippen LogP contribution in [-0.4, -0.2) is 47.2 Å². The molecule has 0 fully saturated rings. The van der Waals surface area contributed by atoms with E-state index in [1.54, 1.807) is 13.8 Å². The Hall–Kier alpha value is -3.46. The van der Waals surface area contributed by atoms with Crippen molar-refractivity contribution in [3.05, 3.63) is 68.2 Å². The molecule has 0 aromatic heterocycles. The first kappa shape index (κ1) is 25.8. The smallest absolute Gasteiger partial charge is 0.270 e. The molecule has 2 aromatic rings. The standard InChI is InChI=1S/C23H27ClN4O5/c1-13(2)20(26-22(30)17-10-9-16(28(32)33)11-18(17)24)23(31)27(5)12-19(29)25-21-14(3)7-6-8-15(21)4/h6-11,13,20H,12H2,1-5H3,(H,25,29)(H,26,30)/t20-/m0/s1. The first-order chi connectivity index (χ1) is 15.4. The molecule has 0 heterocycles. The summed E-state index contributed by atoms with van der Waals surface area (Å²) in [6, 6.07) is 8.20. The molecular weight excluding hydrogens is 448 g/mol. The number of amides is 3. The Balaban J connectivity index is 2.10. The third-order valence-electron chi connectivity index (χ3n) is 5.13. The van der Waals surface area contributed by atoms with Gasteiger partial charge in [-0.05, 0) is 37.0 Å². The first-order valence-electron chi connectivity index (χ1n) is 10.3. The second kappa shape index (κ2) is 10.9. The number of anilines is 1. The second-order valence-corrected chi connectivity index (χ2v) is 8.53. The Labute approximate surface area is 197 Å². The number of nitrogens with one attached hydrogen (secondary N) is 2. The molecule has 176 valence electrons. The molecule has 10 heteroatoms. The highest BCUT2D eigenvalue weighted by molar-refractivity contribution is 6.34. The number of benzene rings is 2. The Kier molecular flexibility index (Phi) is 8.53. The number of nitro groups is 1. The molecule has 0 radical (unpaired) electrons. The van der Waals surface area contributed by atoms with Gasteiger partial charge in [0, 0.05) is 24.9 Å². The van der Waals surface area contributed by atoms with Crippen LogP contribution in [0.2, 0.25) is 5.02 Å². The van der Waals surface area contributed by atoms with E-state index >= 15 is 0 Å². The maximum Gasteiger partial charge on any atom is 0.270 e. The zero-order valence-corrected chi connectivity index (χ0v) is 19.9. The molecular formula is C23H27ClN4O5. The van der Waals surface area contributed by atoms with Gasteiger partial charge in [-0.2, -0.15) is 0 Å².